The molecule has 0 spiro atoms. The number of carbonyl (C=O) groups is 1. The molecule has 6 nitrogen and oxygen atoms in total. The van der Waals surface area contributed by atoms with Crippen LogP contribution in [0.15, 0.2) is 30.6 Å². The third kappa shape index (κ3) is 2.56. The highest BCUT2D eigenvalue weighted by Crippen LogP contribution is 2.50. The minimum Gasteiger partial charge on any atom is -0.493 e. The number of anilines is 1. The summed E-state index contributed by atoms with van der Waals surface area (Å²) in [6, 6.07) is 5.57. The third-order valence-corrected chi connectivity index (χ3v) is 3.97. The molecule has 1 aliphatic heterocycles. The van der Waals surface area contributed by atoms with Crippen LogP contribution in [0.5, 0.6) is 17.2 Å². The minimum atomic E-state index is -0.151. The van der Waals surface area contributed by atoms with Crippen molar-refractivity contribution in [3.63, 3.8) is 0 Å². The number of methoxy groups -OCH3 is 3. The first-order valence-corrected chi connectivity index (χ1v) is 7.22. The number of benzene rings is 1. The molecule has 120 valence electrons. The Balaban J connectivity index is 2.25. The number of fused-ring (bicyclic) bond motifs is 1. The Bertz CT molecular complexity index is 731. The fourth-order valence-electron chi connectivity index (χ4n) is 2.98. The molecule has 6 heteroatoms. The monoisotopic (exact) mass is 314 g/mol. The first-order valence-electron chi connectivity index (χ1n) is 7.22. The van der Waals surface area contributed by atoms with Gasteiger partial charge in [0, 0.05) is 36.4 Å². The smallest absolute Gasteiger partial charge is 0.225 e. The summed E-state index contributed by atoms with van der Waals surface area (Å²) in [4.78, 5) is 16.3. The van der Waals surface area contributed by atoms with Gasteiger partial charge in [-0.1, -0.05) is 6.07 Å². The molecule has 1 aromatic carbocycles. The van der Waals surface area contributed by atoms with Crippen LogP contribution in [0, 0.1) is 0 Å². The second-order valence-electron chi connectivity index (χ2n) is 5.20. The number of pyridine rings is 1. The summed E-state index contributed by atoms with van der Waals surface area (Å²) in [7, 11) is 4.69. The van der Waals surface area contributed by atoms with Crippen molar-refractivity contribution in [2.75, 3.05) is 26.6 Å². The van der Waals surface area contributed by atoms with Crippen molar-refractivity contribution < 1.29 is 19.0 Å². The molecule has 0 radical (unpaired) electrons. The maximum absolute atomic E-state index is 12.1. The van der Waals surface area contributed by atoms with Gasteiger partial charge in [-0.2, -0.15) is 0 Å². The Morgan fingerprint density at radius 3 is 2.57 bits per heavy atom. The maximum atomic E-state index is 12.1. The zero-order chi connectivity index (χ0) is 16.4. The second kappa shape index (κ2) is 6.16. The quantitative estimate of drug-likeness (QED) is 0.939. The number of ether oxygens (including phenoxy) is 3. The normalized spacial score (nSPS) is 16.3. The highest BCUT2D eigenvalue weighted by atomic mass is 16.5. The molecule has 2 aromatic rings. The summed E-state index contributed by atoms with van der Waals surface area (Å²) in [5, 5.41) is 2.89. The van der Waals surface area contributed by atoms with Crippen LogP contribution in [-0.2, 0) is 4.79 Å². The van der Waals surface area contributed by atoms with Gasteiger partial charge in [0.15, 0.2) is 11.5 Å². The molecule has 2 heterocycles. The van der Waals surface area contributed by atoms with Gasteiger partial charge in [0.25, 0.3) is 0 Å². The van der Waals surface area contributed by atoms with E-state index >= 15 is 0 Å². The summed E-state index contributed by atoms with van der Waals surface area (Å²) >= 11 is 0. The van der Waals surface area contributed by atoms with Gasteiger partial charge in [0.1, 0.15) is 0 Å². The van der Waals surface area contributed by atoms with Gasteiger partial charge in [-0.3, -0.25) is 9.78 Å². The molecule has 0 aliphatic carbocycles. The van der Waals surface area contributed by atoms with Crippen LogP contribution in [-0.4, -0.2) is 32.2 Å². The van der Waals surface area contributed by atoms with Crippen molar-refractivity contribution in [3.8, 4) is 17.2 Å². The lowest BCUT2D eigenvalue weighted by molar-refractivity contribution is -0.116. The molecule has 0 saturated carbocycles. The van der Waals surface area contributed by atoms with Crippen molar-refractivity contribution in [1.29, 1.82) is 0 Å². The average molecular weight is 314 g/mol. The lowest BCUT2D eigenvalue weighted by Gasteiger charge is -2.29. The predicted molar refractivity (Wildman–Crippen MR) is 85.4 cm³/mol. The number of nitrogens with one attached hydrogen (secondary N) is 1. The van der Waals surface area contributed by atoms with E-state index in [-0.39, 0.29) is 11.8 Å². The SMILES string of the molecule is COc1cc2c(c(OC)c1OC)[C@@H](c1cccnc1)CC(=O)N2. The van der Waals surface area contributed by atoms with E-state index in [9.17, 15) is 4.79 Å². The fraction of sp³-hybridized carbons (Fsp3) is 0.294. The van der Waals surface area contributed by atoms with Crippen LogP contribution in [0.1, 0.15) is 23.5 Å². The van der Waals surface area contributed by atoms with Gasteiger partial charge in [-0.05, 0) is 11.6 Å². The molecule has 1 aromatic heterocycles. The van der Waals surface area contributed by atoms with E-state index in [0.717, 1.165) is 11.1 Å². The zero-order valence-electron chi connectivity index (χ0n) is 13.3. The number of hydrogen-bond donors (Lipinski definition) is 1. The Kier molecular flexibility index (Phi) is 4.06. The largest absolute Gasteiger partial charge is 0.493 e. The van der Waals surface area contributed by atoms with E-state index in [2.05, 4.69) is 10.3 Å². The number of rotatable bonds is 4. The Labute approximate surface area is 134 Å². The fourth-order valence-corrected chi connectivity index (χ4v) is 2.98. The maximum Gasteiger partial charge on any atom is 0.225 e. The van der Waals surface area contributed by atoms with E-state index in [0.29, 0.717) is 29.4 Å². The second-order valence-corrected chi connectivity index (χ2v) is 5.20. The first-order chi connectivity index (χ1) is 11.2. The number of nitrogens with zero attached hydrogens (tertiary/aromatic N) is 1. The van der Waals surface area contributed by atoms with E-state index in [1.807, 2.05) is 12.1 Å². The van der Waals surface area contributed by atoms with Gasteiger partial charge >= 0.3 is 0 Å². The number of amides is 1. The van der Waals surface area contributed by atoms with Crippen molar-refractivity contribution >= 4 is 11.6 Å². The van der Waals surface area contributed by atoms with Crippen LogP contribution in [0.2, 0.25) is 0 Å². The highest BCUT2D eigenvalue weighted by molar-refractivity contribution is 5.97. The van der Waals surface area contributed by atoms with Crippen LogP contribution >= 0.6 is 0 Å². The summed E-state index contributed by atoms with van der Waals surface area (Å²) < 4.78 is 16.4. The molecule has 1 atom stereocenters. The van der Waals surface area contributed by atoms with Crippen LogP contribution in [0.25, 0.3) is 0 Å². The van der Waals surface area contributed by atoms with Crippen molar-refractivity contribution in [2.24, 2.45) is 0 Å². The molecule has 1 N–H and O–H groups in total. The number of hydrogen-bond acceptors (Lipinski definition) is 5. The molecule has 3 rings (SSSR count). The van der Waals surface area contributed by atoms with Crippen LogP contribution in [0.4, 0.5) is 5.69 Å². The minimum absolute atomic E-state index is 0.0550. The molecule has 0 fully saturated rings. The lowest BCUT2D eigenvalue weighted by Crippen LogP contribution is -2.24. The van der Waals surface area contributed by atoms with Gasteiger partial charge in [0.05, 0.1) is 27.0 Å². The molecule has 1 amide bonds. The summed E-state index contributed by atoms with van der Waals surface area (Å²) in [5.74, 6) is 1.38. The van der Waals surface area contributed by atoms with Gasteiger partial charge < -0.3 is 19.5 Å². The number of aromatic nitrogens is 1. The third-order valence-electron chi connectivity index (χ3n) is 3.97. The lowest BCUT2D eigenvalue weighted by atomic mass is 9.84. The Morgan fingerprint density at radius 2 is 1.96 bits per heavy atom. The predicted octanol–water partition coefficient (Wildman–Crippen LogP) is 2.58. The van der Waals surface area contributed by atoms with Gasteiger partial charge in [-0.15, -0.1) is 0 Å². The number of carbonyl (C=O) groups excluding carboxylic acids is 1. The molecular formula is C17H18N2O4. The van der Waals surface area contributed by atoms with Crippen LogP contribution in [0.3, 0.4) is 0 Å². The van der Waals surface area contributed by atoms with Gasteiger partial charge in [0.2, 0.25) is 11.7 Å². The zero-order valence-corrected chi connectivity index (χ0v) is 13.3. The summed E-state index contributed by atoms with van der Waals surface area (Å²) in [6.07, 6.45) is 3.80. The molecule has 0 bridgehead atoms. The molecule has 0 saturated heterocycles. The van der Waals surface area contributed by atoms with E-state index in [4.69, 9.17) is 14.2 Å². The highest BCUT2D eigenvalue weighted by Gasteiger charge is 2.33. The first kappa shape index (κ1) is 15.1. The van der Waals surface area contributed by atoms with Crippen molar-refractivity contribution in [1.82, 2.24) is 4.98 Å². The molecule has 0 unspecified atom stereocenters. The Hall–Kier alpha value is -2.76. The van der Waals surface area contributed by atoms with Gasteiger partial charge in [-0.25, -0.2) is 0 Å². The molecule has 1 aliphatic rings. The topological polar surface area (TPSA) is 69.7 Å². The molecule has 23 heavy (non-hydrogen) atoms. The van der Waals surface area contributed by atoms with Crippen molar-refractivity contribution in [3.05, 3.63) is 41.7 Å². The van der Waals surface area contributed by atoms with Crippen molar-refractivity contribution in [2.45, 2.75) is 12.3 Å². The van der Waals surface area contributed by atoms with E-state index in [1.165, 1.54) is 0 Å². The summed E-state index contributed by atoms with van der Waals surface area (Å²) in [5.41, 5.74) is 2.50. The van der Waals surface area contributed by atoms with E-state index in [1.54, 1.807) is 39.8 Å². The molecular weight excluding hydrogens is 296 g/mol. The standard InChI is InChI=1S/C17H18N2O4/c1-21-13-8-12-15(17(23-3)16(13)22-2)11(7-14(20)19-12)10-5-4-6-18-9-10/h4-6,8-9,11H,7H2,1-3H3,(H,19,20)/t11-/m1/s1. The van der Waals surface area contributed by atoms with Crippen LogP contribution < -0.4 is 19.5 Å². The summed E-state index contributed by atoms with van der Waals surface area (Å²) in [6.45, 7) is 0. The Morgan fingerprint density at radius 1 is 1.17 bits per heavy atom. The average Bonchev–Trinajstić information content (AvgIpc) is 2.59. The van der Waals surface area contributed by atoms with E-state index < -0.39 is 0 Å².